The van der Waals surface area contributed by atoms with Crippen molar-refractivity contribution in [1.82, 2.24) is 4.98 Å². The van der Waals surface area contributed by atoms with E-state index >= 15 is 0 Å². The first-order chi connectivity index (χ1) is 14.5. The highest BCUT2D eigenvalue weighted by Crippen LogP contribution is 2.34. The van der Waals surface area contributed by atoms with E-state index in [0.29, 0.717) is 5.69 Å². The van der Waals surface area contributed by atoms with Gasteiger partial charge in [0, 0.05) is 10.9 Å². The molecule has 2 aromatic carbocycles. The van der Waals surface area contributed by atoms with Crippen molar-refractivity contribution in [2.75, 3.05) is 12.4 Å². The number of ether oxygens (including phenoxy) is 1. The van der Waals surface area contributed by atoms with Gasteiger partial charge in [-0.2, -0.15) is 13.2 Å². The van der Waals surface area contributed by atoms with Crippen molar-refractivity contribution >= 4 is 32.8 Å². The number of carbonyl (C=O) groups is 1. The van der Waals surface area contributed by atoms with Crippen LogP contribution in [0.4, 0.5) is 18.9 Å². The molecule has 0 atom stereocenters. The Morgan fingerprint density at radius 1 is 1.16 bits per heavy atom. The van der Waals surface area contributed by atoms with Gasteiger partial charge in [0.15, 0.2) is 0 Å². The van der Waals surface area contributed by atoms with Gasteiger partial charge in [-0.3, -0.25) is 4.79 Å². The van der Waals surface area contributed by atoms with Crippen molar-refractivity contribution in [2.24, 2.45) is 0 Å². The molecule has 0 spiro atoms. The van der Waals surface area contributed by atoms with Crippen molar-refractivity contribution < 1.29 is 31.1 Å². The lowest BCUT2D eigenvalue weighted by atomic mass is 10.2. The Labute approximate surface area is 180 Å². The normalized spacial score (nSPS) is 11.9. The van der Waals surface area contributed by atoms with Crippen molar-refractivity contribution in [2.45, 2.75) is 23.7 Å². The molecule has 11 heteroatoms. The van der Waals surface area contributed by atoms with Gasteiger partial charge in [-0.15, -0.1) is 11.3 Å². The highest BCUT2D eigenvalue weighted by molar-refractivity contribution is 7.92. The van der Waals surface area contributed by atoms with E-state index in [9.17, 15) is 26.4 Å². The van der Waals surface area contributed by atoms with Crippen LogP contribution in [0.5, 0.6) is 5.75 Å². The predicted molar refractivity (Wildman–Crippen MR) is 111 cm³/mol. The number of nitrogens with zero attached hydrogens (tertiary/aromatic N) is 1. The predicted octanol–water partition coefficient (Wildman–Crippen LogP) is 4.60. The Balaban J connectivity index is 1.79. The number of aromatic nitrogens is 1. The Hall–Kier alpha value is -2.92. The van der Waals surface area contributed by atoms with Gasteiger partial charge in [-0.25, -0.2) is 13.4 Å². The van der Waals surface area contributed by atoms with Crippen LogP contribution in [-0.4, -0.2) is 31.9 Å². The summed E-state index contributed by atoms with van der Waals surface area (Å²) in [7, 11) is -4.32. The minimum absolute atomic E-state index is 0.0214. The zero-order valence-electron chi connectivity index (χ0n) is 16.4. The molecule has 0 aliphatic heterocycles. The summed E-state index contributed by atoms with van der Waals surface area (Å²) in [6.45, 7) is 1.96. The molecule has 0 unspecified atom stereocenters. The van der Waals surface area contributed by atoms with E-state index in [-0.39, 0.29) is 17.9 Å². The summed E-state index contributed by atoms with van der Waals surface area (Å²) in [5.41, 5.74) is -3.18. The number of nitrogens with one attached hydrogen (secondary N) is 1. The van der Waals surface area contributed by atoms with E-state index in [1.807, 2.05) is 31.2 Å². The molecule has 31 heavy (non-hydrogen) atoms. The lowest BCUT2D eigenvalue weighted by Crippen LogP contribution is -2.23. The zero-order chi connectivity index (χ0) is 22.8. The fraction of sp³-hybridized carbons (Fsp3) is 0.200. The Morgan fingerprint density at radius 3 is 2.45 bits per heavy atom. The molecule has 0 saturated heterocycles. The van der Waals surface area contributed by atoms with Crippen LogP contribution in [0.1, 0.15) is 11.3 Å². The number of alkyl halides is 3. The van der Waals surface area contributed by atoms with Crippen LogP contribution in [0.3, 0.4) is 0 Å². The van der Waals surface area contributed by atoms with Crippen LogP contribution in [0, 0.1) is 6.92 Å². The summed E-state index contributed by atoms with van der Waals surface area (Å²) in [4.78, 5) is 15.8. The maximum absolute atomic E-state index is 12.8. The van der Waals surface area contributed by atoms with Crippen LogP contribution >= 0.6 is 11.3 Å². The second-order valence-electron chi connectivity index (χ2n) is 6.55. The number of sulfone groups is 1. The summed E-state index contributed by atoms with van der Waals surface area (Å²) in [6.07, 6.45) is -0.151. The summed E-state index contributed by atoms with van der Waals surface area (Å²) in [5, 5.41) is 4.83. The van der Waals surface area contributed by atoms with Crippen LogP contribution < -0.4 is 10.1 Å². The number of rotatable bonds is 6. The van der Waals surface area contributed by atoms with Gasteiger partial charge < -0.3 is 10.1 Å². The fourth-order valence-corrected chi connectivity index (χ4v) is 4.27. The topological polar surface area (TPSA) is 85.4 Å². The number of hydrogen-bond acceptors (Lipinski definition) is 6. The van der Waals surface area contributed by atoms with Crippen LogP contribution in [0.15, 0.2) is 52.7 Å². The minimum Gasteiger partial charge on any atom is -0.495 e. The Bertz CT molecular complexity index is 1200. The molecule has 0 aliphatic carbocycles. The second kappa shape index (κ2) is 8.67. The molecule has 0 fully saturated rings. The first-order valence-corrected chi connectivity index (χ1v) is 11.2. The molecule has 164 valence electrons. The van der Waals surface area contributed by atoms with Gasteiger partial charge in [0.2, 0.25) is 5.91 Å². The van der Waals surface area contributed by atoms with Crippen LogP contribution in [0.25, 0.3) is 10.6 Å². The molecule has 3 rings (SSSR count). The van der Waals surface area contributed by atoms with E-state index in [1.54, 1.807) is 5.38 Å². The number of carbonyl (C=O) groups excluding carboxylic acids is 1. The maximum atomic E-state index is 12.8. The molecule has 0 bridgehead atoms. The average Bonchev–Trinajstić information content (AvgIpc) is 3.15. The second-order valence-corrected chi connectivity index (χ2v) is 9.35. The number of benzene rings is 2. The lowest BCUT2D eigenvalue weighted by molar-refractivity contribution is -0.115. The van der Waals surface area contributed by atoms with Gasteiger partial charge in [-0.05, 0) is 25.1 Å². The number of methoxy groups -OCH3 is 1. The molecule has 1 aromatic heterocycles. The van der Waals surface area contributed by atoms with Crippen molar-refractivity contribution in [3.8, 4) is 16.3 Å². The zero-order valence-corrected chi connectivity index (χ0v) is 18.0. The summed E-state index contributed by atoms with van der Waals surface area (Å²) >= 11 is 1.35. The molecule has 1 amide bonds. The molecular weight excluding hydrogens is 453 g/mol. The molecule has 6 nitrogen and oxygen atoms in total. The monoisotopic (exact) mass is 470 g/mol. The minimum atomic E-state index is -5.57. The molecule has 0 aliphatic rings. The van der Waals surface area contributed by atoms with Gasteiger partial charge in [0.1, 0.15) is 10.8 Å². The number of amides is 1. The standard InChI is InChI=1S/C20H17F3N2O4S2/c1-12-3-5-13(6-4-12)19-24-14(11-30-19)9-18(26)25-16-10-15(7-8-17(16)29-2)31(27,28)20(21,22)23/h3-8,10-11H,9H2,1-2H3,(H,25,26). The number of hydrogen-bond donors (Lipinski definition) is 1. The van der Waals surface area contributed by atoms with Gasteiger partial charge in [0.05, 0.1) is 29.8 Å². The SMILES string of the molecule is COc1ccc(S(=O)(=O)C(F)(F)F)cc1NC(=O)Cc1csc(-c2ccc(C)cc2)n1. The first kappa shape index (κ1) is 22.8. The third-order valence-corrected chi connectivity index (χ3v) is 6.68. The van der Waals surface area contributed by atoms with E-state index in [0.717, 1.165) is 34.3 Å². The third-order valence-electron chi connectivity index (χ3n) is 4.25. The Morgan fingerprint density at radius 2 is 1.84 bits per heavy atom. The summed E-state index contributed by atoms with van der Waals surface area (Å²) in [5.74, 6) is -0.561. The van der Waals surface area contributed by atoms with Gasteiger partial charge >= 0.3 is 5.51 Å². The van der Waals surface area contributed by atoms with Crippen LogP contribution in [0.2, 0.25) is 0 Å². The molecule has 1 heterocycles. The van der Waals surface area contributed by atoms with Crippen LogP contribution in [-0.2, 0) is 21.1 Å². The van der Waals surface area contributed by atoms with Gasteiger partial charge in [-0.1, -0.05) is 29.8 Å². The molecule has 1 N–H and O–H groups in total. The number of thiazole rings is 1. The molecule has 3 aromatic rings. The highest BCUT2D eigenvalue weighted by Gasteiger charge is 2.47. The molecular formula is C20H17F3N2O4S2. The molecule has 0 radical (unpaired) electrons. The van der Waals surface area contributed by atoms with Gasteiger partial charge in [0.25, 0.3) is 9.84 Å². The fourth-order valence-electron chi connectivity index (χ4n) is 2.66. The van der Waals surface area contributed by atoms with E-state index in [1.165, 1.54) is 18.4 Å². The highest BCUT2D eigenvalue weighted by atomic mass is 32.2. The summed E-state index contributed by atoms with van der Waals surface area (Å²) < 4.78 is 66.8. The maximum Gasteiger partial charge on any atom is 0.501 e. The summed E-state index contributed by atoms with van der Waals surface area (Å²) in [6, 6.07) is 10.2. The Kier molecular flexibility index (Phi) is 6.37. The number of anilines is 1. The average molecular weight is 470 g/mol. The number of aryl methyl sites for hydroxylation is 1. The first-order valence-electron chi connectivity index (χ1n) is 8.82. The van der Waals surface area contributed by atoms with E-state index in [4.69, 9.17) is 4.74 Å². The molecule has 0 saturated carbocycles. The van der Waals surface area contributed by atoms with E-state index < -0.39 is 26.1 Å². The lowest BCUT2D eigenvalue weighted by Gasteiger charge is -2.13. The van der Waals surface area contributed by atoms with Crippen molar-refractivity contribution in [3.05, 3.63) is 59.1 Å². The van der Waals surface area contributed by atoms with Crippen molar-refractivity contribution in [1.29, 1.82) is 0 Å². The smallest absolute Gasteiger partial charge is 0.495 e. The largest absolute Gasteiger partial charge is 0.501 e. The van der Waals surface area contributed by atoms with Crippen molar-refractivity contribution in [3.63, 3.8) is 0 Å². The quantitative estimate of drug-likeness (QED) is 0.569. The van der Waals surface area contributed by atoms with E-state index in [2.05, 4.69) is 10.3 Å². The third kappa shape index (κ3) is 5.05. The number of halogens is 3.